The summed E-state index contributed by atoms with van der Waals surface area (Å²) in [5, 5.41) is 8.04. The van der Waals surface area contributed by atoms with Gasteiger partial charge in [0.1, 0.15) is 5.82 Å². The van der Waals surface area contributed by atoms with Gasteiger partial charge in [-0.15, -0.1) is 0 Å². The lowest BCUT2D eigenvalue weighted by atomic mass is 9.89. The van der Waals surface area contributed by atoms with E-state index in [2.05, 4.69) is 15.8 Å². The Morgan fingerprint density at radius 1 is 1.24 bits per heavy atom. The molecule has 1 aromatic carbocycles. The molecule has 2 aromatic rings. The molecule has 2 amide bonds. The highest BCUT2D eigenvalue weighted by Gasteiger charge is 2.30. The number of alkyl halides is 3. The Hall–Kier alpha value is -2.88. The summed E-state index contributed by atoms with van der Waals surface area (Å²) in [6, 6.07) is 5.35. The number of halogens is 3. The largest absolute Gasteiger partial charge is 0.464 e. The fourth-order valence-corrected chi connectivity index (χ4v) is 3.06. The summed E-state index contributed by atoms with van der Waals surface area (Å²) in [5.74, 6) is 5.27. The lowest BCUT2D eigenvalue weighted by molar-refractivity contribution is -0.137. The van der Waals surface area contributed by atoms with Crippen LogP contribution in [-0.2, 0) is 11.0 Å². The molecule has 1 fully saturated rings. The fourth-order valence-electron chi connectivity index (χ4n) is 3.06. The standard InChI is InChI=1S/C16H17F3N2.C3H6N2O3/c17-16(18,19)13-8-4-7-12(9-13)14-10-20-15(21-14)11-5-2-1-3-6-11;1-2(6)5(4)3(7)8/h4,7-11H,1-3,5-6H2,(H,20,21);4H2,1H3,(H,7,8). The van der Waals surface area contributed by atoms with Gasteiger partial charge in [0.25, 0.3) is 0 Å². The fraction of sp³-hybridized carbons (Fsp3) is 0.421. The van der Waals surface area contributed by atoms with Crippen molar-refractivity contribution in [1.82, 2.24) is 15.0 Å². The van der Waals surface area contributed by atoms with Crippen LogP contribution in [0.25, 0.3) is 11.3 Å². The van der Waals surface area contributed by atoms with Gasteiger partial charge >= 0.3 is 12.3 Å². The van der Waals surface area contributed by atoms with Gasteiger partial charge in [-0.1, -0.05) is 31.4 Å². The Kier molecular flexibility index (Phi) is 7.38. The van der Waals surface area contributed by atoms with Crippen LogP contribution in [0.2, 0.25) is 0 Å². The number of H-pyrrole nitrogens is 1. The Morgan fingerprint density at radius 2 is 1.90 bits per heavy atom. The molecule has 1 aliphatic carbocycles. The van der Waals surface area contributed by atoms with Gasteiger partial charge in [-0.25, -0.2) is 15.6 Å². The number of imidazole rings is 1. The summed E-state index contributed by atoms with van der Waals surface area (Å²) in [6.07, 6.45) is 1.75. The predicted molar refractivity (Wildman–Crippen MR) is 99.6 cm³/mol. The van der Waals surface area contributed by atoms with E-state index in [-0.39, 0.29) is 5.01 Å². The Labute approximate surface area is 165 Å². The van der Waals surface area contributed by atoms with Gasteiger partial charge < -0.3 is 10.1 Å². The van der Waals surface area contributed by atoms with Gasteiger partial charge in [-0.3, -0.25) is 4.79 Å². The monoisotopic (exact) mass is 412 g/mol. The topological polar surface area (TPSA) is 112 Å². The third-order valence-corrected chi connectivity index (χ3v) is 4.63. The SMILES string of the molecule is CC(=O)N(N)C(=O)O.FC(F)(F)c1cccc(-c2cnc(C3CCCCC3)[nH]2)c1. The lowest BCUT2D eigenvalue weighted by Gasteiger charge is -2.19. The zero-order valence-corrected chi connectivity index (χ0v) is 15.9. The number of amides is 2. The maximum atomic E-state index is 12.8. The molecule has 0 atom stereocenters. The molecule has 1 heterocycles. The molecule has 0 unspecified atom stereocenters. The van der Waals surface area contributed by atoms with Crippen molar-refractivity contribution in [3.63, 3.8) is 0 Å². The first-order valence-corrected chi connectivity index (χ1v) is 9.10. The number of rotatable bonds is 2. The van der Waals surface area contributed by atoms with E-state index < -0.39 is 23.7 Å². The van der Waals surface area contributed by atoms with Crippen LogP contribution in [0.15, 0.2) is 30.5 Å². The van der Waals surface area contributed by atoms with Gasteiger partial charge in [-0.2, -0.15) is 18.2 Å². The highest BCUT2D eigenvalue weighted by Crippen LogP contribution is 2.34. The minimum atomic E-state index is -4.32. The molecule has 1 saturated carbocycles. The number of nitrogens with one attached hydrogen (secondary N) is 1. The molecule has 29 heavy (non-hydrogen) atoms. The van der Waals surface area contributed by atoms with Crippen molar-refractivity contribution < 1.29 is 27.9 Å². The average molecular weight is 412 g/mol. The van der Waals surface area contributed by atoms with Crippen molar-refractivity contribution in [2.45, 2.75) is 51.1 Å². The number of nitrogens with two attached hydrogens (primary N) is 1. The van der Waals surface area contributed by atoms with Crippen molar-refractivity contribution in [1.29, 1.82) is 0 Å². The van der Waals surface area contributed by atoms with Crippen LogP contribution in [0.4, 0.5) is 18.0 Å². The van der Waals surface area contributed by atoms with Crippen molar-refractivity contribution in [3.05, 3.63) is 41.9 Å². The number of carbonyl (C=O) groups is 2. The quantitative estimate of drug-likeness (QED) is 0.381. The van der Waals surface area contributed by atoms with E-state index in [4.69, 9.17) is 5.11 Å². The summed E-state index contributed by atoms with van der Waals surface area (Å²) >= 11 is 0. The second-order valence-corrected chi connectivity index (χ2v) is 6.77. The van der Waals surface area contributed by atoms with Crippen LogP contribution in [0, 0.1) is 0 Å². The number of hydrogen-bond donors (Lipinski definition) is 3. The molecular weight excluding hydrogens is 389 g/mol. The maximum absolute atomic E-state index is 12.8. The Morgan fingerprint density at radius 3 is 2.41 bits per heavy atom. The molecular formula is C19H23F3N4O3. The van der Waals surface area contributed by atoms with Crippen LogP contribution in [-0.4, -0.2) is 32.1 Å². The molecule has 1 aliphatic rings. The number of hydrogen-bond acceptors (Lipinski definition) is 4. The normalized spacial score (nSPS) is 14.7. The number of aromatic amines is 1. The van der Waals surface area contributed by atoms with E-state index in [0.29, 0.717) is 17.2 Å². The summed E-state index contributed by atoms with van der Waals surface area (Å²) in [6.45, 7) is 1.06. The van der Waals surface area contributed by atoms with Crippen molar-refractivity contribution in [2.24, 2.45) is 5.84 Å². The van der Waals surface area contributed by atoms with E-state index in [1.807, 2.05) is 0 Å². The predicted octanol–water partition coefficient (Wildman–Crippen LogP) is 4.53. The molecule has 0 aliphatic heterocycles. The first-order chi connectivity index (χ1) is 13.6. The van der Waals surface area contributed by atoms with Gasteiger partial charge in [-0.05, 0) is 25.0 Å². The summed E-state index contributed by atoms with van der Waals surface area (Å²) in [5.41, 5.74) is 0.551. The summed E-state index contributed by atoms with van der Waals surface area (Å²) in [4.78, 5) is 27.3. The average Bonchev–Trinajstić information content (AvgIpc) is 3.18. The van der Waals surface area contributed by atoms with E-state index >= 15 is 0 Å². The summed E-state index contributed by atoms with van der Waals surface area (Å²) < 4.78 is 38.3. The third-order valence-electron chi connectivity index (χ3n) is 4.63. The molecule has 3 rings (SSSR count). The molecule has 0 radical (unpaired) electrons. The molecule has 1 aromatic heterocycles. The number of carbonyl (C=O) groups excluding carboxylic acids is 1. The first kappa shape index (κ1) is 22.4. The van der Waals surface area contributed by atoms with Crippen LogP contribution < -0.4 is 5.84 Å². The highest BCUT2D eigenvalue weighted by atomic mass is 19.4. The summed E-state index contributed by atoms with van der Waals surface area (Å²) in [7, 11) is 0. The van der Waals surface area contributed by atoms with Gasteiger partial charge in [0.2, 0.25) is 5.91 Å². The van der Waals surface area contributed by atoms with Crippen molar-refractivity contribution in [2.75, 3.05) is 0 Å². The van der Waals surface area contributed by atoms with Crippen LogP contribution in [0.3, 0.4) is 0 Å². The maximum Gasteiger partial charge on any atom is 0.428 e. The van der Waals surface area contributed by atoms with E-state index in [9.17, 15) is 22.8 Å². The molecule has 0 bridgehead atoms. The first-order valence-electron chi connectivity index (χ1n) is 9.10. The molecule has 158 valence electrons. The minimum absolute atomic E-state index is 0.111. The molecule has 0 saturated heterocycles. The van der Waals surface area contributed by atoms with Crippen molar-refractivity contribution in [3.8, 4) is 11.3 Å². The number of benzene rings is 1. The minimum Gasteiger partial charge on any atom is -0.464 e. The van der Waals surface area contributed by atoms with Gasteiger partial charge in [0.05, 0.1) is 17.5 Å². The third kappa shape index (κ3) is 6.31. The van der Waals surface area contributed by atoms with E-state index in [1.165, 1.54) is 25.3 Å². The zero-order chi connectivity index (χ0) is 21.6. The molecule has 4 N–H and O–H groups in total. The van der Waals surface area contributed by atoms with Crippen molar-refractivity contribution >= 4 is 12.0 Å². The second kappa shape index (κ2) is 9.55. The number of carboxylic acid groups (broad SMARTS) is 1. The van der Waals surface area contributed by atoms with E-state index in [1.54, 1.807) is 12.3 Å². The Bertz CT molecular complexity index is 831. The Balaban J connectivity index is 0.000000321. The number of imide groups is 1. The lowest BCUT2D eigenvalue weighted by Crippen LogP contribution is -2.39. The van der Waals surface area contributed by atoms with Gasteiger partial charge in [0.15, 0.2) is 0 Å². The molecule has 7 nitrogen and oxygen atoms in total. The van der Waals surface area contributed by atoms with Gasteiger partial charge in [0, 0.05) is 18.4 Å². The number of aromatic nitrogens is 2. The smallest absolute Gasteiger partial charge is 0.428 e. The van der Waals surface area contributed by atoms with Crippen LogP contribution >= 0.6 is 0 Å². The number of nitrogens with zero attached hydrogens (tertiary/aromatic N) is 2. The van der Waals surface area contributed by atoms with E-state index in [0.717, 1.165) is 37.7 Å². The second-order valence-electron chi connectivity index (χ2n) is 6.77. The highest BCUT2D eigenvalue weighted by molar-refractivity contribution is 5.88. The van der Waals surface area contributed by atoms with Crippen LogP contribution in [0.5, 0.6) is 0 Å². The molecule has 10 heteroatoms. The zero-order valence-electron chi connectivity index (χ0n) is 15.9. The van der Waals surface area contributed by atoms with Crippen LogP contribution in [0.1, 0.15) is 56.3 Å². The molecule has 0 spiro atoms. The number of hydrazine groups is 1.